The second-order valence-corrected chi connectivity index (χ2v) is 11.3. The number of ether oxygens (including phenoxy) is 1. The molecule has 2 amide bonds. The molecule has 0 aromatic rings. The van der Waals surface area contributed by atoms with Crippen LogP contribution < -0.4 is 10.6 Å². The van der Waals surface area contributed by atoms with Crippen LogP contribution in [0.2, 0.25) is 0 Å². The molecule has 2 N–H and O–H groups in total. The van der Waals surface area contributed by atoms with Gasteiger partial charge in [0.15, 0.2) is 0 Å². The molecule has 1 saturated heterocycles. The van der Waals surface area contributed by atoms with E-state index in [9.17, 15) is 9.59 Å². The van der Waals surface area contributed by atoms with Gasteiger partial charge in [0.05, 0.1) is 6.07 Å². The number of carbonyl (C=O) groups excluding carboxylic acids is 2. The first-order valence-electron chi connectivity index (χ1n) is 12.4. The number of nitriles is 1. The summed E-state index contributed by atoms with van der Waals surface area (Å²) in [7, 11) is 0. The molecular weight excluding hydrogens is 404 g/mol. The molecular formula is C25H44N4O3. The van der Waals surface area contributed by atoms with Crippen LogP contribution in [-0.4, -0.2) is 54.2 Å². The third-order valence-corrected chi connectivity index (χ3v) is 6.74. The lowest BCUT2D eigenvalue weighted by atomic mass is 9.71. The molecule has 2 aliphatic rings. The highest BCUT2D eigenvalue weighted by Gasteiger charge is 2.35. The van der Waals surface area contributed by atoms with Crippen LogP contribution in [0.3, 0.4) is 0 Å². The van der Waals surface area contributed by atoms with E-state index in [-0.39, 0.29) is 11.9 Å². The predicted octanol–water partition coefficient (Wildman–Crippen LogP) is 4.37. The van der Waals surface area contributed by atoms with Gasteiger partial charge in [-0.25, -0.2) is 4.79 Å². The van der Waals surface area contributed by atoms with Crippen molar-refractivity contribution >= 4 is 12.0 Å². The van der Waals surface area contributed by atoms with Gasteiger partial charge in [-0.2, -0.15) is 5.26 Å². The quantitative estimate of drug-likeness (QED) is 0.538. The van der Waals surface area contributed by atoms with Gasteiger partial charge in [-0.15, -0.1) is 0 Å². The smallest absolute Gasteiger partial charge is 0.408 e. The number of hydrogen-bond donors (Lipinski definition) is 2. The second kappa shape index (κ2) is 11.9. The zero-order valence-corrected chi connectivity index (χ0v) is 20.8. The van der Waals surface area contributed by atoms with Crippen LogP contribution in [0.4, 0.5) is 4.79 Å². The number of hydrogen-bond acceptors (Lipinski definition) is 5. The number of rotatable bonds is 8. The van der Waals surface area contributed by atoms with E-state index >= 15 is 0 Å². The highest BCUT2D eigenvalue weighted by molar-refractivity contribution is 5.86. The minimum Gasteiger partial charge on any atom is -0.444 e. The first-order valence-corrected chi connectivity index (χ1v) is 12.4. The minimum absolute atomic E-state index is 0.0227. The molecule has 32 heavy (non-hydrogen) atoms. The molecule has 7 heteroatoms. The van der Waals surface area contributed by atoms with Crippen LogP contribution in [0.5, 0.6) is 0 Å². The molecule has 0 aromatic carbocycles. The Morgan fingerprint density at radius 2 is 1.81 bits per heavy atom. The summed E-state index contributed by atoms with van der Waals surface area (Å²) in [5.74, 6) is 0.395. The molecule has 1 atom stereocenters. The molecule has 0 aromatic heterocycles. The molecule has 1 aliphatic carbocycles. The van der Waals surface area contributed by atoms with Crippen molar-refractivity contribution in [3.8, 4) is 6.07 Å². The SMILES string of the molecule is CC1(C)CCC(CC(NC(=O)OC(C)(C)C)C(=O)N(CCCC#N)C2CCNCC2)CC1. The summed E-state index contributed by atoms with van der Waals surface area (Å²) in [5, 5.41) is 15.3. The maximum Gasteiger partial charge on any atom is 0.408 e. The average Bonchev–Trinajstić information content (AvgIpc) is 2.71. The largest absolute Gasteiger partial charge is 0.444 e. The summed E-state index contributed by atoms with van der Waals surface area (Å²) < 4.78 is 5.49. The average molecular weight is 449 g/mol. The Morgan fingerprint density at radius 1 is 1.19 bits per heavy atom. The van der Waals surface area contributed by atoms with E-state index in [2.05, 4.69) is 30.6 Å². The Bertz CT molecular complexity index is 649. The van der Waals surface area contributed by atoms with Gasteiger partial charge in [0, 0.05) is 19.0 Å². The summed E-state index contributed by atoms with van der Waals surface area (Å²) in [5.41, 5.74) is -0.263. The van der Waals surface area contributed by atoms with E-state index in [0.29, 0.717) is 37.1 Å². The van der Waals surface area contributed by atoms with Crippen molar-refractivity contribution in [2.75, 3.05) is 19.6 Å². The molecule has 182 valence electrons. The lowest BCUT2D eigenvalue weighted by Crippen LogP contribution is -2.55. The lowest BCUT2D eigenvalue weighted by molar-refractivity contribution is -0.137. The standard InChI is InChI=1S/C25H44N4O3/c1-24(2,3)32-23(31)28-21(18-19-8-12-25(4,5)13-9-19)22(30)29(17-7-6-14-26)20-10-15-27-16-11-20/h19-21,27H,6-13,15-18H2,1-5H3,(H,28,31). The molecule has 1 aliphatic heterocycles. The third-order valence-electron chi connectivity index (χ3n) is 6.74. The van der Waals surface area contributed by atoms with Crippen molar-refractivity contribution in [1.29, 1.82) is 5.26 Å². The maximum atomic E-state index is 13.8. The Kier molecular flexibility index (Phi) is 9.82. The van der Waals surface area contributed by atoms with E-state index in [1.165, 1.54) is 0 Å². The molecule has 0 bridgehead atoms. The van der Waals surface area contributed by atoms with E-state index in [1.54, 1.807) is 0 Å². The van der Waals surface area contributed by atoms with Crippen molar-refractivity contribution in [2.24, 2.45) is 11.3 Å². The summed E-state index contributed by atoms with van der Waals surface area (Å²) in [6.07, 6.45) is 7.44. The van der Waals surface area contributed by atoms with Gasteiger partial charge in [-0.1, -0.05) is 13.8 Å². The molecule has 0 spiro atoms. The summed E-state index contributed by atoms with van der Waals surface area (Å²) in [6, 6.07) is 1.74. The van der Waals surface area contributed by atoms with Crippen molar-refractivity contribution in [2.45, 2.75) is 110 Å². The number of alkyl carbamates (subject to hydrolysis) is 1. The van der Waals surface area contributed by atoms with E-state index < -0.39 is 17.7 Å². The summed E-state index contributed by atoms with van der Waals surface area (Å²) in [6.45, 7) is 12.4. The van der Waals surface area contributed by atoms with Gasteiger partial charge in [-0.05, 0) is 96.6 Å². The fourth-order valence-corrected chi connectivity index (χ4v) is 4.82. The third kappa shape index (κ3) is 8.97. The molecule has 1 saturated carbocycles. The highest BCUT2D eigenvalue weighted by atomic mass is 16.6. The monoisotopic (exact) mass is 448 g/mol. The van der Waals surface area contributed by atoms with Gasteiger partial charge < -0.3 is 20.3 Å². The maximum absolute atomic E-state index is 13.8. The van der Waals surface area contributed by atoms with E-state index in [1.807, 2.05) is 25.7 Å². The van der Waals surface area contributed by atoms with Crippen molar-refractivity contribution in [3.05, 3.63) is 0 Å². The predicted molar refractivity (Wildman–Crippen MR) is 126 cm³/mol. The fourth-order valence-electron chi connectivity index (χ4n) is 4.82. The normalized spacial score (nSPS) is 20.8. The Labute approximate surface area is 194 Å². The number of nitrogens with zero attached hydrogens (tertiary/aromatic N) is 2. The van der Waals surface area contributed by atoms with E-state index in [4.69, 9.17) is 10.00 Å². The molecule has 2 fully saturated rings. The molecule has 2 rings (SSSR count). The Morgan fingerprint density at radius 3 is 2.38 bits per heavy atom. The van der Waals surface area contributed by atoms with Crippen molar-refractivity contribution < 1.29 is 14.3 Å². The molecule has 1 heterocycles. The zero-order valence-electron chi connectivity index (χ0n) is 20.8. The summed E-state index contributed by atoms with van der Waals surface area (Å²) >= 11 is 0. The number of carbonyl (C=O) groups is 2. The Balaban J connectivity index is 2.16. The van der Waals surface area contributed by atoms with Gasteiger partial charge in [-0.3, -0.25) is 4.79 Å². The highest BCUT2D eigenvalue weighted by Crippen LogP contribution is 2.39. The number of piperidine rings is 1. The first-order chi connectivity index (χ1) is 15.0. The molecule has 0 radical (unpaired) electrons. The molecule has 7 nitrogen and oxygen atoms in total. The summed E-state index contributed by atoms with van der Waals surface area (Å²) in [4.78, 5) is 28.3. The van der Waals surface area contributed by atoms with Crippen LogP contribution in [-0.2, 0) is 9.53 Å². The number of amides is 2. The zero-order chi connectivity index (χ0) is 23.8. The minimum atomic E-state index is -0.617. The lowest BCUT2D eigenvalue weighted by Gasteiger charge is -2.39. The fraction of sp³-hybridized carbons (Fsp3) is 0.880. The van der Waals surface area contributed by atoms with Crippen molar-refractivity contribution in [1.82, 2.24) is 15.5 Å². The first kappa shape index (κ1) is 26.4. The molecule has 1 unspecified atom stereocenters. The van der Waals surface area contributed by atoms with Crippen LogP contribution in [0.1, 0.15) is 92.4 Å². The second-order valence-electron chi connectivity index (χ2n) is 11.3. The van der Waals surface area contributed by atoms with Crippen LogP contribution in [0.25, 0.3) is 0 Å². The topological polar surface area (TPSA) is 94.5 Å². The van der Waals surface area contributed by atoms with E-state index in [0.717, 1.165) is 51.6 Å². The van der Waals surface area contributed by atoms with Gasteiger partial charge in [0.25, 0.3) is 0 Å². The van der Waals surface area contributed by atoms with Gasteiger partial charge in [0.1, 0.15) is 11.6 Å². The van der Waals surface area contributed by atoms with Gasteiger partial charge in [0.2, 0.25) is 5.91 Å². The van der Waals surface area contributed by atoms with Crippen molar-refractivity contribution in [3.63, 3.8) is 0 Å². The number of nitrogens with one attached hydrogen (secondary N) is 2. The Hall–Kier alpha value is -1.81. The van der Waals surface area contributed by atoms with Crippen LogP contribution in [0, 0.1) is 22.7 Å². The van der Waals surface area contributed by atoms with Crippen LogP contribution >= 0.6 is 0 Å². The number of unbranched alkanes of at least 4 members (excludes halogenated alkanes) is 1. The van der Waals surface area contributed by atoms with Crippen LogP contribution in [0.15, 0.2) is 0 Å². The van der Waals surface area contributed by atoms with Gasteiger partial charge >= 0.3 is 6.09 Å².